The summed E-state index contributed by atoms with van der Waals surface area (Å²) in [6.45, 7) is 2.51. The van der Waals surface area contributed by atoms with Gasteiger partial charge in [0.2, 0.25) is 5.91 Å². The lowest BCUT2D eigenvalue weighted by Crippen LogP contribution is -2.14. The molecule has 0 aliphatic carbocycles. The Bertz CT molecular complexity index is 1110. The van der Waals surface area contributed by atoms with Crippen LogP contribution in [0.3, 0.4) is 0 Å². The maximum atomic E-state index is 12.4. The van der Waals surface area contributed by atoms with Crippen molar-refractivity contribution in [2.24, 2.45) is 0 Å². The fourth-order valence-corrected chi connectivity index (χ4v) is 3.54. The van der Waals surface area contributed by atoms with Crippen molar-refractivity contribution in [3.05, 3.63) is 84.6 Å². The maximum Gasteiger partial charge on any atom is 0.263 e. The number of nitrogens with one attached hydrogen (secondary N) is 2. The van der Waals surface area contributed by atoms with E-state index in [4.69, 9.17) is 4.74 Å². The van der Waals surface area contributed by atoms with E-state index in [1.54, 1.807) is 24.3 Å². The molecule has 30 heavy (non-hydrogen) atoms. The Morgan fingerprint density at radius 2 is 1.77 bits per heavy atom. The van der Waals surface area contributed by atoms with Gasteiger partial charge in [0.15, 0.2) is 0 Å². The van der Waals surface area contributed by atoms with E-state index in [0.29, 0.717) is 12.3 Å². The van der Waals surface area contributed by atoms with Gasteiger partial charge in [0.25, 0.3) is 10.0 Å². The van der Waals surface area contributed by atoms with Gasteiger partial charge in [0.05, 0.1) is 11.5 Å². The van der Waals surface area contributed by atoms with E-state index >= 15 is 0 Å². The average molecular weight is 423 g/mol. The summed E-state index contributed by atoms with van der Waals surface area (Å²) < 4.78 is 32.6. The van der Waals surface area contributed by atoms with Crippen LogP contribution in [0.4, 0.5) is 11.5 Å². The third kappa shape index (κ3) is 5.92. The van der Waals surface area contributed by atoms with Gasteiger partial charge in [-0.05, 0) is 67.1 Å². The summed E-state index contributed by atoms with van der Waals surface area (Å²) >= 11 is 0. The molecule has 3 aromatic rings. The highest BCUT2D eigenvalue weighted by Crippen LogP contribution is 2.17. The van der Waals surface area contributed by atoms with Crippen LogP contribution >= 0.6 is 0 Å². The van der Waals surface area contributed by atoms with Gasteiger partial charge in [-0.2, -0.15) is 0 Å². The first kappa shape index (κ1) is 21.1. The summed E-state index contributed by atoms with van der Waals surface area (Å²) in [5.41, 5.74) is 1.34. The first-order valence-electron chi connectivity index (χ1n) is 9.22. The predicted octanol–water partition coefficient (Wildman–Crippen LogP) is 3.93. The number of aromatic nitrogens is 1. The summed E-state index contributed by atoms with van der Waals surface area (Å²) in [6.07, 6.45) is 4.58. The van der Waals surface area contributed by atoms with E-state index in [1.165, 1.54) is 36.5 Å². The van der Waals surface area contributed by atoms with Gasteiger partial charge in [-0.3, -0.25) is 9.52 Å². The van der Waals surface area contributed by atoms with Crippen molar-refractivity contribution >= 4 is 33.5 Å². The van der Waals surface area contributed by atoms with Gasteiger partial charge in [0, 0.05) is 18.0 Å². The molecule has 0 spiro atoms. The third-order valence-electron chi connectivity index (χ3n) is 3.95. The standard InChI is InChI=1S/C22H21N3O4S/c1-2-29-19-11-6-17(7-12-19)8-15-22(26)24-18-9-13-20(14-10-18)30(27,28)25-21-5-3-4-16-23-21/h3-16H,2H2,1H3,(H,23,25)(H,24,26). The monoisotopic (exact) mass is 423 g/mol. The molecule has 0 radical (unpaired) electrons. The Balaban J connectivity index is 1.60. The summed E-state index contributed by atoms with van der Waals surface area (Å²) in [5.74, 6) is 0.673. The highest BCUT2D eigenvalue weighted by molar-refractivity contribution is 7.92. The Morgan fingerprint density at radius 3 is 2.40 bits per heavy atom. The number of carbonyl (C=O) groups is 1. The minimum atomic E-state index is -3.76. The largest absolute Gasteiger partial charge is 0.494 e. The highest BCUT2D eigenvalue weighted by atomic mass is 32.2. The van der Waals surface area contributed by atoms with Crippen LogP contribution in [0.1, 0.15) is 12.5 Å². The Hall–Kier alpha value is -3.65. The number of hydrogen-bond donors (Lipinski definition) is 2. The molecular weight excluding hydrogens is 402 g/mol. The van der Waals surface area contributed by atoms with Gasteiger partial charge in [0.1, 0.15) is 11.6 Å². The van der Waals surface area contributed by atoms with E-state index < -0.39 is 10.0 Å². The van der Waals surface area contributed by atoms with Gasteiger partial charge in [-0.1, -0.05) is 18.2 Å². The molecule has 3 rings (SSSR count). The van der Waals surface area contributed by atoms with Crippen molar-refractivity contribution in [2.75, 3.05) is 16.6 Å². The zero-order chi connectivity index (χ0) is 21.4. The minimum Gasteiger partial charge on any atom is -0.494 e. The minimum absolute atomic E-state index is 0.0658. The number of ether oxygens (including phenoxy) is 1. The number of benzene rings is 2. The Kier molecular flexibility index (Phi) is 6.82. The van der Waals surface area contributed by atoms with Crippen LogP contribution in [0.2, 0.25) is 0 Å². The number of hydrogen-bond acceptors (Lipinski definition) is 5. The van der Waals surface area contributed by atoms with Crippen LogP contribution in [0, 0.1) is 0 Å². The van der Waals surface area contributed by atoms with Crippen LogP contribution in [0.25, 0.3) is 6.08 Å². The second-order valence-corrected chi connectivity index (χ2v) is 7.85. The fraction of sp³-hybridized carbons (Fsp3) is 0.0909. The molecule has 154 valence electrons. The number of carbonyl (C=O) groups excluding carboxylic acids is 1. The van der Waals surface area contributed by atoms with Crippen LogP contribution in [0.15, 0.2) is 83.9 Å². The zero-order valence-corrected chi connectivity index (χ0v) is 17.1. The van der Waals surface area contributed by atoms with Gasteiger partial charge in [-0.15, -0.1) is 0 Å². The first-order chi connectivity index (χ1) is 14.5. The van der Waals surface area contributed by atoms with E-state index in [1.807, 2.05) is 31.2 Å². The van der Waals surface area contributed by atoms with Crippen molar-refractivity contribution in [1.82, 2.24) is 4.98 Å². The second kappa shape index (κ2) is 9.71. The molecule has 0 fully saturated rings. The molecule has 0 aliphatic heterocycles. The third-order valence-corrected chi connectivity index (χ3v) is 5.32. The predicted molar refractivity (Wildman–Crippen MR) is 117 cm³/mol. The molecule has 2 aromatic carbocycles. The summed E-state index contributed by atoms with van der Waals surface area (Å²) in [7, 11) is -3.76. The lowest BCUT2D eigenvalue weighted by molar-refractivity contribution is -0.111. The van der Waals surface area contributed by atoms with E-state index in [2.05, 4.69) is 15.0 Å². The Labute approximate surface area is 175 Å². The van der Waals surface area contributed by atoms with Gasteiger partial charge >= 0.3 is 0 Å². The van der Waals surface area contributed by atoms with E-state index in [9.17, 15) is 13.2 Å². The molecule has 7 nitrogen and oxygen atoms in total. The normalized spacial score (nSPS) is 11.2. The van der Waals surface area contributed by atoms with Crippen LogP contribution in [-0.4, -0.2) is 25.9 Å². The van der Waals surface area contributed by atoms with Crippen LogP contribution < -0.4 is 14.8 Å². The summed E-state index contributed by atoms with van der Waals surface area (Å²) in [6, 6.07) is 18.2. The summed E-state index contributed by atoms with van der Waals surface area (Å²) in [4.78, 5) is 16.1. The van der Waals surface area contributed by atoms with Crippen molar-refractivity contribution in [3.8, 4) is 5.75 Å². The average Bonchev–Trinajstić information content (AvgIpc) is 2.74. The highest BCUT2D eigenvalue weighted by Gasteiger charge is 2.14. The van der Waals surface area contributed by atoms with E-state index in [-0.39, 0.29) is 16.6 Å². The topological polar surface area (TPSA) is 97.4 Å². The smallest absolute Gasteiger partial charge is 0.263 e. The molecule has 0 atom stereocenters. The van der Waals surface area contributed by atoms with Gasteiger partial charge < -0.3 is 10.1 Å². The summed E-state index contributed by atoms with van der Waals surface area (Å²) in [5, 5.41) is 2.69. The fourth-order valence-electron chi connectivity index (χ4n) is 2.53. The first-order valence-corrected chi connectivity index (χ1v) is 10.7. The van der Waals surface area contributed by atoms with Crippen molar-refractivity contribution in [2.45, 2.75) is 11.8 Å². The lowest BCUT2D eigenvalue weighted by atomic mass is 10.2. The molecule has 0 saturated heterocycles. The van der Waals surface area contributed by atoms with Crippen LogP contribution in [0.5, 0.6) is 5.75 Å². The number of pyridine rings is 1. The number of amides is 1. The molecule has 0 aliphatic rings. The Morgan fingerprint density at radius 1 is 1.03 bits per heavy atom. The zero-order valence-electron chi connectivity index (χ0n) is 16.3. The molecule has 2 N–H and O–H groups in total. The van der Waals surface area contributed by atoms with E-state index in [0.717, 1.165) is 11.3 Å². The molecule has 0 saturated carbocycles. The molecule has 1 aromatic heterocycles. The molecule has 1 heterocycles. The van der Waals surface area contributed by atoms with Crippen molar-refractivity contribution < 1.29 is 17.9 Å². The number of sulfonamides is 1. The number of rotatable bonds is 8. The number of nitrogens with zero attached hydrogens (tertiary/aromatic N) is 1. The molecular formula is C22H21N3O4S. The van der Waals surface area contributed by atoms with Crippen molar-refractivity contribution in [1.29, 1.82) is 0 Å². The van der Waals surface area contributed by atoms with Gasteiger partial charge in [-0.25, -0.2) is 13.4 Å². The second-order valence-electron chi connectivity index (χ2n) is 6.17. The molecule has 8 heteroatoms. The molecule has 0 bridgehead atoms. The molecule has 1 amide bonds. The quantitative estimate of drug-likeness (QED) is 0.535. The van der Waals surface area contributed by atoms with Crippen LogP contribution in [-0.2, 0) is 14.8 Å². The van der Waals surface area contributed by atoms with Crippen molar-refractivity contribution in [3.63, 3.8) is 0 Å². The number of anilines is 2. The SMILES string of the molecule is CCOc1ccc(C=CC(=O)Nc2ccc(S(=O)(=O)Nc3ccccn3)cc2)cc1. The maximum absolute atomic E-state index is 12.4. The molecule has 0 unspecified atom stereocenters. The lowest BCUT2D eigenvalue weighted by Gasteiger charge is -2.08.